The lowest BCUT2D eigenvalue weighted by Crippen LogP contribution is -2.48. The summed E-state index contributed by atoms with van der Waals surface area (Å²) < 4.78 is 6.14. The molecule has 0 aromatic heterocycles. The van der Waals surface area contributed by atoms with E-state index < -0.39 is 0 Å². The largest absolute Gasteiger partial charge is 0.455 e. The summed E-state index contributed by atoms with van der Waals surface area (Å²) in [7, 11) is 0. The van der Waals surface area contributed by atoms with Crippen molar-refractivity contribution >= 4 is 5.97 Å². The second-order valence-corrected chi connectivity index (χ2v) is 7.71. The molecule has 6 unspecified atom stereocenters. The summed E-state index contributed by atoms with van der Waals surface area (Å²) in [5.41, 5.74) is 0.342. The standard InChI is InChI=1S/C18H28O2/c1-11(2)17(19)20-18(8-7-12(3)13(18)4)16-10-14-5-6-15(16)9-14/h12-16H,1,5-10H2,2-4H3. The minimum atomic E-state index is -0.199. The lowest BCUT2D eigenvalue weighted by molar-refractivity contribution is -0.171. The van der Waals surface area contributed by atoms with Crippen LogP contribution in [0.4, 0.5) is 0 Å². The molecule has 0 saturated heterocycles. The third-order valence-electron chi connectivity index (χ3n) is 6.61. The Morgan fingerprint density at radius 3 is 2.40 bits per heavy atom. The number of hydrogen-bond donors (Lipinski definition) is 0. The molecule has 3 aliphatic rings. The van der Waals surface area contributed by atoms with Gasteiger partial charge in [-0.05, 0) is 62.7 Å². The Morgan fingerprint density at radius 1 is 1.20 bits per heavy atom. The molecule has 0 aromatic carbocycles. The summed E-state index contributed by atoms with van der Waals surface area (Å²) in [6.45, 7) is 10.2. The van der Waals surface area contributed by atoms with E-state index in [-0.39, 0.29) is 11.6 Å². The quantitative estimate of drug-likeness (QED) is 0.566. The SMILES string of the molecule is C=C(C)C(=O)OC1(C2CC3CCC2C3)CCC(C)C1C. The predicted molar refractivity (Wildman–Crippen MR) is 80.1 cm³/mol. The van der Waals surface area contributed by atoms with E-state index in [2.05, 4.69) is 20.4 Å². The zero-order valence-electron chi connectivity index (χ0n) is 13.2. The number of carbonyl (C=O) groups is 1. The van der Waals surface area contributed by atoms with Crippen molar-refractivity contribution in [2.45, 2.75) is 64.9 Å². The molecule has 3 fully saturated rings. The molecule has 0 spiro atoms. The van der Waals surface area contributed by atoms with Crippen molar-refractivity contribution in [2.75, 3.05) is 0 Å². The second kappa shape index (κ2) is 4.89. The molecule has 2 heteroatoms. The number of fused-ring (bicyclic) bond motifs is 2. The van der Waals surface area contributed by atoms with Gasteiger partial charge in [0.1, 0.15) is 5.60 Å². The normalized spacial score (nSPS) is 46.6. The highest BCUT2D eigenvalue weighted by molar-refractivity contribution is 5.87. The monoisotopic (exact) mass is 276 g/mol. The minimum absolute atomic E-state index is 0.172. The van der Waals surface area contributed by atoms with E-state index in [0.29, 0.717) is 23.3 Å². The predicted octanol–water partition coefficient (Wildman–Crippen LogP) is 4.35. The maximum absolute atomic E-state index is 12.2. The van der Waals surface area contributed by atoms with Crippen LogP contribution in [0.2, 0.25) is 0 Å². The van der Waals surface area contributed by atoms with Gasteiger partial charge in [0.15, 0.2) is 0 Å². The van der Waals surface area contributed by atoms with Crippen LogP contribution in [-0.2, 0) is 9.53 Å². The van der Waals surface area contributed by atoms with Crippen LogP contribution in [0.3, 0.4) is 0 Å². The average molecular weight is 276 g/mol. The van der Waals surface area contributed by atoms with Crippen LogP contribution in [0, 0.1) is 29.6 Å². The first-order valence-electron chi connectivity index (χ1n) is 8.33. The first-order chi connectivity index (χ1) is 9.44. The van der Waals surface area contributed by atoms with Crippen LogP contribution < -0.4 is 0 Å². The van der Waals surface area contributed by atoms with Gasteiger partial charge < -0.3 is 4.74 Å². The Bertz CT molecular complexity index is 427. The third-order valence-corrected chi connectivity index (χ3v) is 6.61. The highest BCUT2D eigenvalue weighted by Crippen LogP contribution is 2.59. The van der Waals surface area contributed by atoms with Crippen LogP contribution in [0.5, 0.6) is 0 Å². The van der Waals surface area contributed by atoms with E-state index in [9.17, 15) is 4.79 Å². The van der Waals surface area contributed by atoms with Gasteiger partial charge >= 0.3 is 5.97 Å². The number of carbonyl (C=O) groups excluding carboxylic acids is 1. The summed E-state index contributed by atoms with van der Waals surface area (Å²) in [6, 6.07) is 0. The third kappa shape index (κ3) is 2.03. The van der Waals surface area contributed by atoms with Gasteiger partial charge in [0, 0.05) is 11.5 Å². The Balaban J connectivity index is 1.88. The Hall–Kier alpha value is -0.790. The number of ether oxygens (including phenoxy) is 1. The molecule has 2 nitrogen and oxygen atoms in total. The molecule has 0 heterocycles. The summed E-state index contributed by atoms with van der Waals surface area (Å²) in [5, 5.41) is 0. The molecular formula is C18H28O2. The fourth-order valence-corrected chi connectivity index (χ4v) is 5.26. The molecule has 112 valence electrons. The van der Waals surface area contributed by atoms with E-state index in [1.165, 1.54) is 32.1 Å². The molecule has 2 bridgehead atoms. The molecule has 6 atom stereocenters. The van der Waals surface area contributed by atoms with E-state index in [4.69, 9.17) is 4.74 Å². The summed E-state index contributed by atoms with van der Waals surface area (Å²) in [5.74, 6) is 3.26. The summed E-state index contributed by atoms with van der Waals surface area (Å²) in [4.78, 5) is 12.2. The van der Waals surface area contributed by atoms with E-state index in [1.54, 1.807) is 6.92 Å². The molecule has 0 N–H and O–H groups in total. The van der Waals surface area contributed by atoms with Crippen LogP contribution in [-0.4, -0.2) is 11.6 Å². The van der Waals surface area contributed by atoms with Crippen molar-refractivity contribution in [3.05, 3.63) is 12.2 Å². The minimum Gasteiger partial charge on any atom is -0.455 e. The van der Waals surface area contributed by atoms with Crippen LogP contribution >= 0.6 is 0 Å². The number of rotatable bonds is 3. The smallest absolute Gasteiger partial charge is 0.333 e. The molecule has 20 heavy (non-hydrogen) atoms. The Labute approximate surface area is 123 Å². The van der Waals surface area contributed by atoms with Gasteiger partial charge in [-0.2, -0.15) is 0 Å². The van der Waals surface area contributed by atoms with Crippen molar-refractivity contribution < 1.29 is 9.53 Å². The van der Waals surface area contributed by atoms with Gasteiger partial charge in [-0.25, -0.2) is 4.79 Å². The van der Waals surface area contributed by atoms with Crippen molar-refractivity contribution in [1.29, 1.82) is 0 Å². The number of hydrogen-bond acceptors (Lipinski definition) is 2. The zero-order chi connectivity index (χ0) is 14.5. The molecule has 3 aliphatic carbocycles. The van der Waals surface area contributed by atoms with Gasteiger partial charge in [0.2, 0.25) is 0 Å². The van der Waals surface area contributed by atoms with Crippen LogP contribution in [0.1, 0.15) is 59.3 Å². The number of esters is 1. The maximum Gasteiger partial charge on any atom is 0.333 e. The highest BCUT2D eigenvalue weighted by atomic mass is 16.6. The van der Waals surface area contributed by atoms with E-state index in [1.807, 2.05) is 0 Å². The van der Waals surface area contributed by atoms with E-state index >= 15 is 0 Å². The van der Waals surface area contributed by atoms with Crippen LogP contribution in [0.15, 0.2) is 12.2 Å². The molecule has 0 aromatic rings. The molecule has 3 rings (SSSR count). The van der Waals surface area contributed by atoms with Gasteiger partial charge in [0.05, 0.1) is 0 Å². The van der Waals surface area contributed by atoms with Gasteiger partial charge in [-0.3, -0.25) is 0 Å². The Morgan fingerprint density at radius 2 is 1.95 bits per heavy atom. The maximum atomic E-state index is 12.2. The molecule has 0 amide bonds. The van der Waals surface area contributed by atoms with Crippen molar-refractivity contribution in [1.82, 2.24) is 0 Å². The Kier molecular flexibility index (Phi) is 3.46. The summed E-state index contributed by atoms with van der Waals surface area (Å²) in [6.07, 6.45) is 7.66. The van der Waals surface area contributed by atoms with Gasteiger partial charge in [0.25, 0.3) is 0 Å². The van der Waals surface area contributed by atoms with Gasteiger partial charge in [-0.1, -0.05) is 26.8 Å². The fraction of sp³-hybridized carbons (Fsp3) is 0.833. The molecular weight excluding hydrogens is 248 g/mol. The van der Waals surface area contributed by atoms with Crippen LogP contribution in [0.25, 0.3) is 0 Å². The van der Waals surface area contributed by atoms with Gasteiger partial charge in [-0.15, -0.1) is 0 Å². The first kappa shape index (κ1) is 14.2. The van der Waals surface area contributed by atoms with E-state index in [0.717, 1.165) is 18.3 Å². The lowest BCUT2D eigenvalue weighted by atomic mass is 9.70. The highest BCUT2D eigenvalue weighted by Gasteiger charge is 2.58. The molecule has 0 radical (unpaired) electrons. The van der Waals surface area contributed by atoms with Crippen molar-refractivity contribution in [3.63, 3.8) is 0 Å². The van der Waals surface area contributed by atoms with Crippen molar-refractivity contribution in [2.24, 2.45) is 29.6 Å². The first-order valence-corrected chi connectivity index (χ1v) is 8.33. The molecule has 3 saturated carbocycles. The zero-order valence-corrected chi connectivity index (χ0v) is 13.2. The summed E-state index contributed by atoms with van der Waals surface area (Å²) >= 11 is 0. The average Bonchev–Trinajstić information content (AvgIpc) is 3.09. The molecule has 0 aliphatic heterocycles. The fourth-order valence-electron chi connectivity index (χ4n) is 5.26. The van der Waals surface area contributed by atoms with Crippen molar-refractivity contribution in [3.8, 4) is 0 Å². The topological polar surface area (TPSA) is 26.3 Å². The lowest BCUT2D eigenvalue weighted by Gasteiger charge is -2.43. The second-order valence-electron chi connectivity index (χ2n) is 7.71.